The third-order valence-electron chi connectivity index (χ3n) is 2.93. The van der Waals surface area contributed by atoms with Gasteiger partial charge in [0, 0.05) is 0 Å². The van der Waals surface area contributed by atoms with Crippen molar-refractivity contribution in [1.82, 2.24) is 15.2 Å². The number of nitrogens with one attached hydrogen (secondary N) is 1. The van der Waals surface area contributed by atoms with Gasteiger partial charge in [0.2, 0.25) is 5.88 Å². The van der Waals surface area contributed by atoms with Crippen molar-refractivity contribution in [1.29, 1.82) is 0 Å². The number of pyridine rings is 1. The lowest BCUT2D eigenvalue weighted by molar-refractivity contribution is 0.0521. The first-order valence-electron chi connectivity index (χ1n) is 6.86. The zero-order chi connectivity index (χ0) is 15.4. The lowest BCUT2D eigenvalue weighted by atomic mass is 10.3. The molecule has 0 fully saturated rings. The molecule has 0 aromatic carbocycles. The van der Waals surface area contributed by atoms with Gasteiger partial charge in [0.1, 0.15) is 25.4 Å². The highest BCUT2D eigenvalue weighted by Gasteiger charge is 2.17. The van der Waals surface area contributed by atoms with Gasteiger partial charge in [0.05, 0.1) is 18.5 Å². The largest absolute Gasteiger partial charge is 0.484 e. The van der Waals surface area contributed by atoms with Crippen LogP contribution in [0.15, 0.2) is 18.3 Å². The van der Waals surface area contributed by atoms with Gasteiger partial charge < -0.3 is 18.9 Å². The molecule has 3 heterocycles. The number of rotatable bonds is 5. The number of aromatic nitrogens is 3. The molecule has 1 N–H and O–H groups in total. The lowest BCUT2D eigenvalue weighted by Crippen LogP contribution is -2.17. The summed E-state index contributed by atoms with van der Waals surface area (Å²) < 4.78 is 21.3. The topological polar surface area (TPSA) is 95.6 Å². The van der Waals surface area contributed by atoms with Gasteiger partial charge >= 0.3 is 5.97 Å². The number of esters is 1. The second-order valence-electron chi connectivity index (χ2n) is 4.42. The van der Waals surface area contributed by atoms with Crippen LogP contribution in [0, 0.1) is 0 Å². The van der Waals surface area contributed by atoms with Crippen LogP contribution < -0.4 is 14.2 Å². The maximum absolute atomic E-state index is 11.7. The molecule has 0 atom stereocenters. The summed E-state index contributed by atoms with van der Waals surface area (Å²) in [6, 6.07) is 3.55. The molecule has 116 valence electrons. The van der Waals surface area contributed by atoms with E-state index in [0.29, 0.717) is 30.5 Å². The van der Waals surface area contributed by atoms with E-state index in [9.17, 15) is 4.79 Å². The van der Waals surface area contributed by atoms with Crippen LogP contribution >= 0.6 is 0 Å². The molecule has 0 saturated carbocycles. The molecule has 0 spiro atoms. The second kappa shape index (κ2) is 6.33. The molecule has 0 bridgehead atoms. The summed E-state index contributed by atoms with van der Waals surface area (Å²) in [5.41, 5.74) is 0.896. The third kappa shape index (κ3) is 2.95. The van der Waals surface area contributed by atoms with E-state index in [1.807, 2.05) is 0 Å². The van der Waals surface area contributed by atoms with E-state index in [4.69, 9.17) is 18.9 Å². The average Bonchev–Trinajstić information content (AvgIpc) is 3.01. The Kier molecular flexibility index (Phi) is 4.08. The SMILES string of the molecule is CCOC(=O)c1cn[nH]c1OCc1ccc2c(n1)OCCO2. The zero-order valence-corrected chi connectivity index (χ0v) is 12.0. The van der Waals surface area contributed by atoms with Crippen molar-refractivity contribution in [3.63, 3.8) is 0 Å². The predicted octanol–water partition coefficient (Wildman–Crippen LogP) is 1.33. The monoisotopic (exact) mass is 305 g/mol. The van der Waals surface area contributed by atoms with Gasteiger partial charge in [-0.25, -0.2) is 14.9 Å². The number of H-pyrrole nitrogens is 1. The quantitative estimate of drug-likeness (QED) is 0.832. The van der Waals surface area contributed by atoms with Crippen LogP contribution in [0.4, 0.5) is 0 Å². The van der Waals surface area contributed by atoms with Gasteiger partial charge in [-0.05, 0) is 19.1 Å². The summed E-state index contributed by atoms with van der Waals surface area (Å²) in [4.78, 5) is 16.0. The van der Waals surface area contributed by atoms with Crippen LogP contribution in [0.25, 0.3) is 0 Å². The molecule has 3 rings (SSSR count). The molecule has 2 aromatic heterocycles. The van der Waals surface area contributed by atoms with Crippen LogP contribution in [-0.4, -0.2) is 41.0 Å². The Hall–Kier alpha value is -2.77. The van der Waals surface area contributed by atoms with Gasteiger partial charge in [-0.1, -0.05) is 0 Å². The molecule has 0 radical (unpaired) electrons. The summed E-state index contributed by atoms with van der Waals surface area (Å²) in [6.07, 6.45) is 1.37. The predicted molar refractivity (Wildman–Crippen MR) is 74.1 cm³/mol. The molecule has 1 aliphatic rings. The van der Waals surface area contributed by atoms with E-state index >= 15 is 0 Å². The Morgan fingerprint density at radius 1 is 1.36 bits per heavy atom. The van der Waals surface area contributed by atoms with Crippen molar-refractivity contribution in [3.8, 4) is 17.5 Å². The number of hydrogen-bond acceptors (Lipinski definition) is 7. The number of hydrogen-bond donors (Lipinski definition) is 1. The molecule has 0 unspecified atom stereocenters. The fourth-order valence-electron chi connectivity index (χ4n) is 1.93. The molecule has 1 aliphatic heterocycles. The Labute approximate surface area is 126 Å². The van der Waals surface area contributed by atoms with Crippen molar-refractivity contribution >= 4 is 5.97 Å². The maximum Gasteiger partial charge on any atom is 0.345 e. The Morgan fingerprint density at radius 2 is 2.23 bits per heavy atom. The van der Waals surface area contributed by atoms with E-state index in [1.165, 1.54) is 6.20 Å². The van der Waals surface area contributed by atoms with Gasteiger partial charge in [0.15, 0.2) is 5.75 Å². The molecule has 0 amide bonds. The first-order chi connectivity index (χ1) is 10.8. The van der Waals surface area contributed by atoms with Gasteiger partial charge in [0.25, 0.3) is 5.88 Å². The summed E-state index contributed by atoms with van der Waals surface area (Å²) in [7, 11) is 0. The molecule has 22 heavy (non-hydrogen) atoms. The normalized spacial score (nSPS) is 12.8. The smallest absolute Gasteiger partial charge is 0.345 e. The molecule has 8 nitrogen and oxygen atoms in total. The highest BCUT2D eigenvalue weighted by Crippen LogP contribution is 2.27. The van der Waals surface area contributed by atoms with Crippen LogP contribution in [0.3, 0.4) is 0 Å². The zero-order valence-electron chi connectivity index (χ0n) is 12.0. The minimum Gasteiger partial charge on any atom is -0.484 e. The van der Waals surface area contributed by atoms with E-state index in [1.54, 1.807) is 19.1 Å². The highest BCUT2D eigenvalue weighted by atomic mass is 16.6. The van der Waals surface area contributed by atoms with Gasteiger partial charge in [-0.2, -0.15) is 5.10 Å². The first-order valence-corrected chi connectivity index (χ1v) is 6.86. The average molecular weight is 305 g/mol. The molecular weight excluding hydrogens is 290 g/mol. The molecule has 0 aliphatic carbocycles. The van der Waals surface area contributed by atoms with E-state index < -0.39 is 5.97 Å². The number of fused-ring (bicyclic) bond motifs is 1. The summed E-state index contributed by atoms with van der Waals surface area (Å²) in [5, 5.41) is 6.41. The van der Waals surface area contributed by atoms with Crippen molar-refractivity contribution in [2.45, 2.75) is 13.5 Å². The van der Waals surface area contributed by atoms with Crippen LogP contribution in [0.1, 0.15) is 23.0 Å². The number of carbonyl (C=O) groups is 1. The fourth-order valence-corrected chi connectivity index (χ4v) is 1.93. The maximum atomic E-state index is 11.7. The number of aromatic amines is 1. The van der Waals surface area contributed by atoms with Crippen molar-refractivity contribution in [2.75, 3.05) is 19.8 Å². The standard InChI is InChI=1S/C14H15N3O5/c1-2-19-14(18)10-7-15-17-12(10)22-8-9-3-4-11-13(16-9)21-6-5-20-11/h3-4,7H,2,5-6,8H2,1H3,(H,15,17). The van der Waals surface area contributed by atoms with Crippen LogP contribution in [0.5, 0.6) is 17.5 Å². The molecule has 8 heteroatoms. The third-order valence-corrected chi connectivity index (χ3v) is 2.93. The second-order valence-corrected chi connectivity index (χ2v) is 4.42. The summed E-state index contributed by atoms with van der Waals surface area (Å²) >= 11 is 0. The van der Waals surface area contributed by atoms with Crippen molar-refractivity contribution < 1.29 is 23.7 Å². The Balaban J connectivity index is 1.68. The van der Waals surface area contributed by atoms with Crippen molar-refractivity contribution in [2.24, 2.45) is 0 Å². The summed E-state index contributed by atoms with van der Waals surface area (Å²) in [5.74, 6) is 0.822. The van der Waals surface area contributed by atoms with E-state index in [0.717, 1.165) is 0 Å². The van der Waals surface area contributed by atoms with Crippen molar-refractivity contribution in [3.05, 3.63) is 29.6 Å². The minimum atomic E-state index is -0.485. The van der Waals surface area contributed by atoms with E-state index in [2.05, 4.69) is 15.2 Å². The number of nitrogens with zero attached hydrogens (tertiary/aromatic N) is 2. The Morgan fingerprint density at radius 3 is 3.09 bits per heavy atom. The fraction of sp³-hybridized carbons (Fsp3) is 0.357. The highest BCUT2D eigenvalue weighted by molar-refractivity contribution is 5.91. The molecule has 2 aromatic rings. The van der Waals surface area contributed by atoms with Crippen LogP contribution in [-0.2, 0) is 11.3 Å². The Bertz CT molecular complexity index is 670. The minimum absolute atomic E-state index is 0.158. The van der Waals surface area contributed by atoms with E-state index in [-0.39, 0.29) is 24.7 Å². The van der Waals surface area contributed by atoms with Gasteiger partial charge in [-0.3, -0.25) is 0 Å². The molecule has 0 saturated heterocycles. The van der Waals surface area contributed by atoms with Crippen LogP contribution in [0.2, 0.25) is 0 Å². The number of ether oxygens (including phenoxy) is 4. The first kappa shape index (κ1) is 14.2. The lowest BCUT2D eigenvalue weighted by Gasteiger charge is -2.17. The molecular formula is C14H15N3O5. The van der Waals surface area contributed by atoms with Gasteiger partial charge in [-0.15, -0.1) is 0 Å². The number of carbonyl (C=O) groups excluding carboxylic acids is 1. The summed E-state index contributed by atoms with van der Waals surface area (Å²) in [6.45, 7) is 3.16.